The van der Waals surface area contributed by atoms with Crippen LogP contribution in [0.3, 0.4) is 0 Å². The number of anilines is 1. The quantitative estimate of drug-likeness (QED) is 0.500. The van der Waals surface area contributed by atoms with Crippen LogP contribution in [0.25, 0.3) is 15.6 Å². The van der Waals surface area contributed by atoms with Crippen molar-refractivity contribution >= 4 is 78.9 Å². The van der Waals surface area contributed by atoms with Gasteiger partial charge >= 0.3 is 0 Å². The van der Waals surface area contributed by atoms with E-state index in [0.29, 0.717) is 0 Å². The van der Waals surface area contributed by atoms with Crippen LogP contribution in [0.1, 0.15) is 5.01 Å². The molecule has 0 amide bonds. The molecule has 3 heterocycles. The Balaban J connectivity index is 1.77. The third kappa shape index (κ3) is 2.36. The van der Waals surface area contributed by atoms with Crippen LogP contribution in [0.5, 0.6) is 0 Å². The maximum atomic E-state index is 6.11. The maximum Gasteiger partial charge on any atom is 0.281 e. The minimum atomic E-state index is 0.768. The molecule has 0 saturated carbocycles. The molecule has 0 radical (unpaired) electrons. The first-order valence-electron chi connectivity index (χ1n) is 6.53. The highest BCUT2D eigenvalue weighted by Gasteiger charge is 2.25. The molecule has 0 saturated heterocycles. The molecule has 3 aromatic rings. The van der Waals surface area contributed by atoms with Crippen molar-refractivity contribution in [3.63, 3.8) is 0 Å². The van der Waals surface area contributed by atoms with E-state index in [2.05, 4.69) is 35.7 Å². The van der Waals surface area contributed by atoms with Crippen molar-refractivity contribution in [3.05, 3.63) is 43.7 Å². The van der Waals surface area contributed by atoms with E-state index in [9.17, 15) is 0 Å². The first kappa shape index (κ1) is 14.8. The van der Waals surface area contributed by atoms with E-state index in [1.54, 1.807) is 34.4 Å². The smallest absolute Gasteiger partial charge is 0.281 e. The number of hydrogen-bond donors (Lipinski definition) is 0. The second-order valence-electron chi connectivity index (χ2n) is 4.97. The number of benzene rings is 1. The second kappa shape index (κ2) is 5.42. The number of halogens is 2. The molecule has 112 valence electrons. The summed E-state index contributed by atoms with van der Waals surface area (Å²) in [5.74, 6) is 0. The lowest BCUT2D eigenvalue weighted by Crippen LogP contribution is -2.28. The zero-order valence-corrected chi connectivity index (χ0v) is 15.7. The summed E-state index contributed by atoms with van der Waals surface area (Å²) in [6.07, 6.45) is 2.23. The second-order valence-corrected chi connectivity index (χ2v) is 9.20. The zero-order valence-electron chi connectivity index (χ0n) is 11.8. The number of aromatic nitrogens is 1. The molecule has 1 aliphatic heterocycles. The minimum Gasteiger partial charge on any atom is -0.338 e. The summed E-state index contributed by atoms with van der Waals surface area (Å²) in [5.41, 5.74) is 1.16. The molecule has 0 aliphatic carbocycles. The van der Waals surface area contributed by atoms with Gasteiger partial charge in [-0.2, -0.15) is 4.57 Å². The van der Waals surface area contributed by atoms with Crippen LogP contribution in [-0.4, -0.2) is 7.05 Å². The largest absolute Gasteiger partial charge is 0.338 e. The van der Waals surface area contributed by atoms with Gasteiger partial charge in [0.1, 0.15) is 16.1 Å². The molecule has 7 heteroatoms. The standard InChI is InChI=1S/C15H11Cl2N2S3/c1-18-9-5-8(16)3-4-10(9)20-13(18)7-14-19(2)15-11(21-14)6-12(17)22-15/h3-7H,1-2H3/q+1. The third-order valence-electron chi connectivity index (χ3n) is 3.57. The average Bonchev–Trinajstić information content (AvgIpc) is 3.07. The van der Waals surface area contributed by atoms with Gasteiger partial charge in [-0.25, -0.2) is 0 Å². The normalized spacial score (nSPS) is 16.0. The van der Waals surface area contributed by atoms with Crippen LogP contribution in [0.2, 0.25) is 9.36 Å². The molecule has 0 N–H and O–H groups in total. The van der Waals surface area contributed by atoms with Crippen LogP contribution in [0, 0.1) is 0 Å². The fraction of sp³-hybridized carbons (Fsp3) is 0.133. The van der Waals surface area contributed by atoms with Gasteiger partial charge in [0, 0.05) is 17.0 Å². The van der Waals surface area contributed by atoms with Crippen molar-refractivity contribution < 1.29 is 4.57 Å². The summed E-state index contributed by atoms with van der Waals surface area (Å²) in [4.78, 5) is 4.64. The number of rotatable bonds is 1. The summed E-state index contributed by atoms with van der Waals surface area (Å²) >= 11 is 17.3. The molecule has 22 heavy (non-hydrogen) atoms. The SMILES string of the molecule is CN1/C(=C/c2sc3cc(Cl)sc3[n+]2C)Sc2ccc(Cl)cc21. The molecule has 0 spiro atoms. The van der Waals surface area contributed by atoms with E-state index < -0.39 is 0 Å². The van der Waals surface area contributed by atoms with Gasteiger partial charge in [0.05, 0.1) is 16.8 Å². The number of aryl methyl sites for hydroxylation is 1. The Hall–Kier alpha value is -0.720. The Morgan fingerprint density at radius 2 is 2.00 bits per heavy atom. The molecule has 0 unspecified atom stereocenters. The van der Waals surface area contributed by atoms with Crippen molar-refractivity contribution in [2.45, 2.75) is 4.90 Å². The predicted octanol–water partition coefficient (Wildman–Crippen LogP) is 5.63. The molecule has 4 rings (SSSR count). The number of thiazole rings is 1. The fourth-order valence-corrected chi connectivity index (χ4v) is 6.29. The number of thiophene rings is 1. The van der Waals surface area contributed by atoms with Crippen LogP contribution >= 0.6 is 57.6 Å². The van der Waals surface area contributed by atoms with Crippen molar-refractivity contribution in [1.82, 2.24) is 0 Å². The first-order chi connectivity index (χ1) is 10.5. The Morgan fingerprint density at radius 3 is 2.77 bits per heavy atom. The Kier molecular flexibility index (Phi) is 3.66. The molecule has 1 aliphatic rings. The number of hydrogen-bond acceptors (Lipinski definition) is 4. The molecular formula is C15H11Cl2N2S3+. The van der Waals surface area contributed by atoms with Gasteiger partial charge < -0.3 is 4.90 Å². The van der Waals surface area contributed by atoms with Crippen LogP contribution in [0.4, 0.5) is 5.69 Å². The summed E-state index contributed by atoms with van der Waals surface area (Å²) in [6, 6.07) is 8.06. The van der Waals surface area contributed by atoms with E-state index in [1.165, 1.54) is 24.5 Å². The van der Waals surface area contributed by atoms with E-state index in [0.717, 1.165) is 15.0 Å². The van der Waals surface area contributed by atoms with Gasteiger partial charge in [0.15, 0.2) is 0 Å². The summed E-state index contributed by atoms with van der Waals surface area (Å²) in [5, 5.41) is 3.18. The highest BCUT2D eigenvalue weighted by Crippen LogP contribution is 2.47. The fourth-order valence-electron chi connectivity index (χ4n) is 2.42. The van der Waals surface area contributed by atoms with Crippen LogP contribution < -0.4 is 9.47 Å². The van der Waals surface area contributed by atoms with Crippen molar-refractivity contribution in [3.8, 4) is 0 Å². The average molecular weight is 386 g/mol. The monoisotopic (exact) mass is 385 g/mol. The third-order valence-corrected chi connectivity index (χ3v) is 7.58. The van der Waals surface area contributed by atoms with E-state index >= 15 is 0 Å². The molecule has 0 bridgehead atoms. The lowest BCUT2D eigenvalue weighted by Gasteiger charge is -2.12. The van der Waals surface area contributed by atoms with E-state index in [-0.39, 0.29) is 0 Å². The predicted molar refractivity (Wildman–Crippen MR) is 99.6 cm³/mol. The Bertz CT molecular complexity index is 926. The lowest BCUT2D eigenvalue weighted by molar-refractivity contribution is -0.640. The zero-order chi connectivity index (χ0) is 15.4. The molecule has 0 atom stereocenters. The topological polar surface area (TPSA) is 7.12 Å². The minimum absolute atomic E-state index is 0.768. The number of fused-ring (bicyclic) bond motifs is 2. The summed E-state index contributed by atoms with van der Waals surface area (Å²) in [7, 11) is 4.16. The lowest BCUT2D eigenvalue weighted by atomic mass is 10.3. The Labute approximate surface area is 150 Å². The number of nitrogens with zero attached hydrogens (tertiary/aromatic N) is 2. The maximum absolute atomic E-state index is 6.11. The molecular weight excluding hydrogens is 375 g/mol. The summed E-state index contributed by atoms with van der Waals surface area (Å²) < 4.78 is 4.27. The van der Waals surface area contributed by atoms with Gasteiger partial charge in [-0.15, -0.1) is 0 Å². The van der Waals surface area contributed by atoms with Crippen LogP contribution in [-0.2, 0) is 7.05 Å². The van der Waals surface area contributed by atoms with Gasteiger partial charge in [0.25, 0.3) is 9.84 Å². The van der Waals surface area contributed by atoms with Gasteiger partial charge in [0.2, 0.25) is 0 Å². The highest BCUT2D eigenvalue weighted by molar-refractivity contribution is 8.03. The molecule has 1 aromatic carbocycles. The number of thioether (sulfide) groups is 1. The van der Waals surface area contributed by atoms with E-state index in [1.807, 2.05) is 18.2 Å². The van der Waals surface area contributed by atoms with Crippen molar-refractivity contribution in [1.29, 1.82) is 0 Å². The van der Waals surface area contributed by atoms with Crippen molar-refractivity contribution in [2.75, 3.05) is 11.9 Å². The van der Waals surface area contributed by atoms with Gasteiger partial charge in [-0.3, -0.25) is 0 Å². The highest BCUT2D eigenvalue weighted by atomic mass is 35.5. The van der Waals surface area contributed by atoms with Crippen molar-refractivity contribution in [2.24, 2.45) is 7.05 Å². The summed E-state index contributed by atoms with van der Waals surface area (Å²) in [6.45, 7) is 0. The van der Waals surface area contributed by atoms with Gasteiger partial charge in [-0.05, 0) is 24.3 Å². The first-order valence-corrected chi connectivity index (χ1v) is 9.74. The van der Waals surface area contributed by atoms with Crippen LogP contribution in [0.15, 0.2) is 34.2 Å². The molecule has 0 fully saturated rings. The molecule has 2 aromatic heterocycles. The van der Waals surface area contributed by atoms with Gasteiger partial charge in [-0.1, -0.05) is 57.6 Å². The Morgan fingerprint density at radius 1 is 1.18 bits per heavy atom. The molecule has 2 nitrogen and oxygen atoms in total. The van der Waals surface area contributed by atoms with E-state index in [4.69, 9.17) is 23.2 Å².